The van der Waals surface area contributed by atoms with E-state index in [0.29, 0.717) is 12.8 Å². The summed E-state index contributed by atoms with van der Waals surface area (Å²) in [6.45, 7) is 6.79. The third-order valence-corrected chi connectivity index (χ3v) is 8.73. The van der Waals surface area contributed by atoms with E-state index >= 15 is 0 Å². The fraction of sp³-hybridized carbons (Fsp3) is 0.710. The number of nitrogens with one attached hydrogen (secondary N) is 6. The summed E-state index contributed by atoms with van der Waals surface area (Å²) in [6.07, 6.45) is -1.10. The highest BCUT2D eigenvalue weighted by Gasteiger charge is 2.36. The van der Waals surface area contributed by atoms with Gasteiger partial charge in [0.1, 0.15) is 36.3 Å². The summed E-state index contributed by atoms with van der Waals surface area (Å²) in [6, 6.07) is -10.1. The maximum absolute atomic E-state index is 13.6. The van der Waals surface area contributed by atoms with Crippen LogP contribution in [0.15, 0.2) is 0 Å². The Labute approximate surface area is 318 Å². The summed E-state index contributed by atoms with van der Waals surface area (Å²) >= 11 is 7.86. The van der Waals surface area contributed by atoms with Crippen molar-refractivity contribution in [1.29, 1.82) is 0 Å². The molecule has 0 aliphatic rings. The van der Waals surface area contributed by atoms with E-state index in [9.17, 15) is 58.5 Å². The second-order valence-corrected chi connectivity index (χ2v) is 13.4. The van der Waals surface area contributed by atoms with Crippen LogP contribution in [0.2, 0.25) is 0 Å². The minimum Gasteiger partial charge on any atom is -0.481 e. The number of hydrogen-bond donors (Lipinski definition) is 13. The molecule has 0 saturated carbocycles. The van der Waals surface area contributed by atoms with E-state index in [2.05, 4.69) is 57.2 Å². The molecule has 0 fully saturated rings. The van der Waals surface area contributed by atoms with Crippen molar-refractivity contribution >= 4 is 78.6 Å². The first-order valence-corrected chi connectivity index (χ1v) is 18.2. The monoisotopic (exact) mass is 794 g/mol. The molecule has 0 aromatic heterocycles. The minimum atomic E-state index is -1.90. The lowest BCUT2D eigenvalue weighted by atomic mass is 9.96. The molecular weight excluding hydrogens is 741 g/mol. The van der Waals surface area contributed by atoms with Gasteiger partial charge in [0.2, 0.25) is 35.4 Å². The number of nitrogens with two attached hydrogens (primary N) is 2. The zero-order valence-electron chi connectivity index (χ0n) is 30.1. The second-order valence-electron chi connectivity index (χ2n) is 12.6. The van der Waals surface area contributed by atoms with Crippen LogP contribution in [-0.2, 0) is 43.2 Å². The lowest BCUT2D eigenvalue weighted by Crippen LogP contribution is -2.61. The van der Waals surface area contributed by atoms with Gasteiger partial charge in [0.25, 0.3) is 0 Å². The number of hydrogen-bond acceptors (Lipinski definition) is 13. The second kappa shape index (κ2) is 25.0. The quantitative estimate of drug-likeness (QED) is 0.0306. The van der Waals surface area contributed by atoms with Gasteiger partial charge in [-0.25, -0.2) is 4.79 Å². The van der Waals surface area contributed by atoms with Gasteiger partial charge in [0.15, 0.2) is 0 Å². The Morgan fingerprint density at radius 3 is 1.43 bits per heavy atom. The van der Waals surface area contributed by atoms with Crippen LogP contribution < -0.4 is 43.4 Å². The van der Waals surface area contributed by atoms with Crippen LogP contribution in [0.4, 0.5) is 0 Å². The largest absolute Gasteiger partial charge is 0.481 e. The topological polar surface area (TPSA) is 339 Å². The van der Waals surface area contributed by atoms with Gasteiger partial charge in [-0.1, -0.05) is 34.1 Å². The van der Waals surface area contributed by atoms with Crippen LogP contribution >= 0.6 is 25.3 Å². The molecule has 0 spiro atoms. The highest BCUT2D eigenvalue weighted by atomic mass is 32.1. The van der Waals surface area contributed by atoms with Crippen LogP contribution in [0.25, 0.3) is 0 Å². The molecular formula is C31H54N8O12S2. The van der Waals surface area contributed by atoms with E-state index in [1.54, 1.807) is 27.7 Å². The number of rotatable bonds is 26. The molecule has 0 aliphatic heterocycles. The molecule has 22 heteroatoms. The van der Waals surface area contributed by atoms with Gasteiger partial charge in [-0.05, 0) is 37.6 Å². The number of amides is 6. The van der Waals surface area contributed by atoms with E-state index < -0.39 is 120 Å². The Balaban J connectivity index is 6.31. The van der Waals surface area contributed by atoms with Gasteiger partial charge in [-0.3, -0.25) is 38.4 Å². The number of unbranched alkanes of at least 4 members (excludes halogenated alkanes) is 1. The predicted molar refractivity (Wildman–Crippen MR) is 197 cm³/mol. The van der Waals surface area contributed by atoms with Gasteiger partial charge in [0.05, 0.1) is 18.9 Å². The first-order chi connectivity index (χ1) is 24.7. The van der Waals surface area contributed by atoms with E-state index in [4.69, 9.17) is 11.5 Å². The van der Waals surface area contributed by atoms with Crippen LogP contribution in [0, 0.1) is 11.8 Å². The molecule has 6 amide bonds. The van der Waals surface area contributed by atoms with Crippen molar-refractivity contribution in [3.05, 3.63) is 0 Å². The molecule has 0 aliphatic carbocycles. The SMILES string of the molecule is CC[C@H](C)[C@H](NC(=O)[C@@H](NC(=O)[C@@H](N)CS)C(C)C)C(=O)N[C@@H](CC(=O)O)C(=O)N[C@@H](CC(=O)O)C(=O)N[C@@H](CCCCN)C(=O)N[C@@H](CS)C(=O)O. The fourth-order valence-electron chi connectivity index (χ4n) is 4.62. The van der Waals surface area contributed by atoms with E-state index in [1.807, 2.05) is 0 Å². The molecule has 0 aromatic carbocycles. The van der Waals surface area contributed by atoms with Crippen LogP contribution in [0.1, 0.15) is 66.2 Å². The molecule has 0 rings (SSSR count). The fourth-order valence-corrected chi connectivity index (χ4v) is 5.03. The standard InChI is InChI=1S/C31H54N8O12S2/c1-5-15(4)24(39-29(48)23(14(2)3)38-25(44)16(33)12-52)30(49)36-19(11-22(42)43)28(47)35-18(10-21(40)41)27(46)34-17(8-6-7-9-32)26(45)37-20(13-53)31(50)51/h14-20,23-24,52-53H,5-13,32-33H2,1-4H3,(H,34,46)(H,35,47)(H,36,49)(H,37,45)(H,38,44)(H,39,48)(H,40,41)(H,42,43)(H,50,51)/t15-,16-,17-,18-,19-,20-,23-,24-/m0/s1. The highest BCUT2D eigenvalue weighted by molar-refractivity contribution is 7.80. The Morgan fingerprint density at radius 1 is 0.585 bits per heavy atom. The Bertz CT molecular complexity index is 1310. The Hall–Kier alpha value is -4.15. The van der Waals surface area contributed by atoms with Crippen LogP contribution in [-0.4, -0.2) is 129 Å². The Morgan fingerprint density at radius 2 is 1.02 bits per heavy atom. The molecule has 53 heavy (non-hydrogen) atoms. The molecule has 8 atom stereocenters. The minimum absolute atomic E-state index is 0.00743. The number of carbonyl (C=O) groups excluding carboxylic acids is 6. The normalized spacial score (nSPS) is 15.6. The zero-order chi connectivity index (χ0) is 41.0. The van der Waals surface area contributed by atoms with Crippen molar-refractivity contribution in [3.63, 3.8) is 0 Å². The highest BCUT2D eigenvalue weighted by Crippen LogP contribution is 2.12. The van der Waals surface area contributed by atoms with Crippen molar-refractivity contribution < 1.29 is 58.5 Å². The summed E-state index contributed by atoms with van der Waals surface area (Å²) < 4.78 is 0. The third kappa shape index (κ3) is 18.0. The summed E-state index contributed by atoms with van der Waals surface area (Å²) in [5.41, 5.74) is 11.2. The third-order valence-electron chi connectivity index (χ3n) is 7.97. The molecule has 0 saturated heterocycles. The number of thiol groups is 2. The first-order valence-electron chi connectivity index (χ1n) is 16.9. The average molecular weight is 795 g/mol. The van der Waals surface area contributed by atoms with Gasteiger partial charge >= 0.3 is 17.9 Å². The maximum atomic E-state index is 13.6. The van der Waals surface area contributed by atoms with Gasteiger partial charge in [-0.15, -0.1) is 0 Å². The smallest absolute Gasteiger partial charge is 0.327 e. The van der Waals surface area contributed by atoms with E-state index in [1.165, 1.54) is 0 Å². The lowest BCUT2D eigenvalue weighted by Gasteiger charge is -2.30. The van der Waals surface area contributed by atoms with Gasteiger partial charge in [-0.2, -0.15) is 25.3 Å². The number of carboxylic acid groups (broad SMARTS) is 3. The summed E-state index contributed by atoms with van der Waals surface area (Å²) in [7, 11) is 0. The lowest BCUT2D eigenvalue weighted by molar-refractivity contribution is -0.144. The van der Waals surface area contributed by atoms with Gasteiger partial charge in [0, 0.05) is 11.5 Å². The number of aliphatic carboxylic acids is 3. The molecule has 0 bridgehead atoms. The van der Waals surface area contributed by atoms with Crippen molar-refractivity contribution in [2.24, 2.45) is 23.3 Å². The molecule has 0 radical (unpaired) electrons. The first kappa shape index (κ1) is 48.9. The molecule has 13 N–H and O–H groups in total. The van der Waals surface area contributed by atoms with E-state index in [-0.39, 0.29) is 30.9 Å². The van der Waals surface area contributed by atoms with Gasteiger partial charge < -0.3 is 58.7 Å². The predicted octanol–water partition coefficient (Wildman–Crippen LogP) is -3.05. The van der Waals surface area contributed by atoms with Crippen molar-refractivity contribution in [2.75, 3.05) is 18.1 Å². The number of carboxylic acids is 3. The summed E-state index contributed by atoms with van der Waals surface area (Å²) in [5.74, 6) is -11.7. The Kier molecular flexibility index (Phi) is 23.0. The molecule has 20 nitrogen and oxygen atoms in total. The molecule has 0 heterocycles. The molecule has 302 valence electrons. The summed E-state index contributed by atoms with van der Waals surface area (Å²) in [4.78, 5) is 114. The van der Waals surface area contributed by atoms with Crippen LogP contribution in [0.5, 0.6) is 0 Å². The van der Waals surface area contributed by atoms with Crippen molar-refractivity contribution in [2.45, 2.75) is 109 Å². The zero-order valence-corrected chi connectivity index (χ0v) is 31.9. The van der Waals surface area contributed by atoms with E-state index in [0.717, 1.165) is 0 Å². The molecule has 0 unspecified atom stereocenters. The van der Waals surface area contributed by atoms with Crippen LogP contribution in [0.3, 0.4) is 0 Å². The average Bonchev–Trinajstić information content (AvgIpc) is 3.08. The summed E-state index contributed by atoms with van der Waals surface area (Å²) in [5, 5.41) is 42.3. The maximum Gasteiger partial charge on any atom is 0.327 e. The molecule has 0 aromatic rings. The van der Waals surface area contributed by atoms with Crippen molar-refractivity contribution in [3.8, 4) is 0 Å². The number of carbonyl (C=O) groups is 9. The van der Waals surface area contributed by atoms with Crippen molar-refractivity contribution in [1.82, 2.24) is 31.9 Å².